The van der Waals surface area contributed by atoms with Gasteiger partial charge in [-0.05, 0) is 50.5 Å². The predicted molar refractivity (Wildman–Crippen MR) is 101 cm³/mol. The SMILES string of the molecule is Cc1cc(C(=O)N2CCC3(CC2)OCCc2sc(C(=O)O)cc23)cc(C)n1. The van der Waals surface area contributed by atoms with Gasteiger partial charge < -0.3 is 14.7 Å². The first-order chi connectivity index (χ1) is 12.9. The van der Waals surface area contributed by atoms with Gasteiger partial charge in [0.15, 0.2) is 0 Å². The van der Waals surface area contributed by atoms with Gasteiger partial charge in [-0.25, -0.2) is 4.79 Å². The van der Waals surface area contributed by atoms with Crippen molar-refractivity contribution in [3.63, 3.8) is 0 Å². The van der Waals surface area contributed by atoms with E-state index >= 15 is 0 Å². The van der Waals surface area contributed by atoms with E-state index in [1.165, 1.54) is 11.3 Å². The molecule has 27 heavy (non-hydrogen) atoms. The van der Waals surface area contributed by atoms with Crippen molar-refractivity contribution >= 4 is 23.2 Å². The lowest BCUT2D eigenvalue weighted by atomic mass is 9.82. The average molecular weight is 386 g/mol. The molecule has 0 saturated carbocycles. The number of hydrogen-bond acceptors (Lipinski definition) is 5. The fourth-order valence-corrected chi connectivity index (χ4v) is 5.22. The summed E-state index contributed by atoms with van der Waals surface area (Å²) in [6.07, 6.45) is 2.13. The summed E-state index contributed by atoms with van der Waals surface area (Å²) in [5, 5.41) is 9.32. The summed E-state index contributed by atoms with van der Waals surface area (Å²) in [6, 6.07) is 5.43. The number of rotatable bonds is 2. The molecule has 1 N–H and O–H groups in total. The van der Waals surface area contributed by atoms with Gasteiger partial charge in [0.25, 0.3) is 5.91 Å². The van der Waals surface area contributed by atoms with E-state index in [4.69, 9.17) is 4.74 Å². The molecule has 7 heteroatoms. The number of aromatic carboxylic acids is 1. The average Bonchev–Trinajstić information content (AvgIpc) is 3.07. The number of hydrogen-bond donors (Lipinski definition) is 1. The zero-order valence-electron chi connectivity index (χ0n) is 15.4. The molecule has 2 aromatic heterocycles. The van der Waals surface area contributed by atoms with Crippen molar-refractivity contribution in [2.45, 2.75) is 38.7 Å². The zero-order valence-corrected chi connectivity index (χ0v) is 16.3. The highest BCUT2D eigenvalue weighted by atomic mass is 32.1. The number of pyridine rings is 1. The van der Waals surface area contributed by atoms with Crippen LogP contribution in [-0.2, 0) is 16.8 Å². The largest absolute Gasteiger partial charge is 0.477 e. The minimum Gasteiger partial charge on any atom is -0.477 e. The fourth-order valence-electron chi connectivity index (χ4n) is 4.15. The summed E-state index contributed by atoms with van der Waals surface area (Å²) in [7, 11) is 0. The molecule has 142 valence electrons. The number of carbonyl (C=O) groups excluding carboxylic acids is 1. The molecule has 0 aromatic carbocycles. The Hall–Kier alpha value is -2.25. The van der Waals surface area contributed by atoms with Crippen LogP contribution in [0.5, 0.6) is 0 Å². The van der Waals surface area contributed by atoms with Crippen LogP contribution in [-0.4, -0.2) is 46.6 Å². The maximum absolute atomic E-state index is 12.9. The molecule has 1 fully saturated rings. The molecule has 6 nitrogen and oxygen atoms in total. The molecule has 4 heterocycles. The Labute approximate surface area is 161 Å². The summed E-state index contributed by atoms with van der Waals surface area (Å²) < 4.78 is 6.16. The van der Waals surface area contributed by atoms with Crippen LogP contribution in [0.15, 0.2) is 18.2 Å². The van der Waals surface area contributed by atoms with Crippen molar-refractivity contribution in [1.29, 1.82) is 0 Å². The third-order valence-corrected chi connectivity index (χ3v) is 6.59. The summed E-state index contributed by atoms with van der Waals surface area (Å²) in [5.74, 6) is -0.869. The minimum atomic E-state index is -0.888. The third-order valence-electron chi connectivity index (χ3n) is 5.40. The Morgan fingerprint density at radius 2 is 1.85 bits per heavy atom. The van der Waals surface area contributed by atoms with Gasteiger partial charge >= 0.3 is 5.97 Å². The number of likely N-dealkylation sites (tertiary alicyclic amines) is 1. The van der Waals surface area contributed by atoms with Crippen LogP contribution in [0.1, 0.15) is 54.7 Å². The number of aryl methyl sites for hydroxylation is 2. The highest BCUT2D eigenvalue weighted by Crippen LogP contribution is 2.44. The molecule has 1 amide bonds. The molecule has 0 bridgehead atoms. The second kappa shape index (κ2) is 6.73. The smallest absolute Gasteiger partial charge is 0.345 e. The van der Waals surface area contributed by atoms with Crippen molar-refractivity contribution < 1.29 is 19.4 Å². The second-order valence-electron chi connectivity index (χ2n) is 7.28. The van der Waals surface area contributed by atoms with Gasteiger partial charge in [0.2, 0.25) is 0 Å². The molecule has 0 aliphatic carbocycles. The van der Waals surface area contributed by atoms with E-state index in [2.05, 4.69) is 4.98 Å². The second-order valence-corrected chi connectivity index (χ2v) is 8.41. The molecule has 1 spiro atoms. The Bertz CT molecular complexity index is 892. The van der Waals surface area contributed by atoms with Crippen LogP contribution in [0.3, 0.4) is 0 Å². The molecule has 0 unspecified atom stereocenters. The third kappa shape index (κ3) is 3.26. The van der Waals surface area contributed by atoms with Crippen LogP contribution in [0.4, 0.5) is 0 Å². The zero-order chi connectivity index (χ0) is 19.2. The lowest BCUT2D eigenvalue weighted by Crippen LogP contribution is -2.48. The highest BCUT2D eigenvalue weighted by molar-refractivity contribution is 7.14. The van der Waals surface area contributed by atoms with E-state index < -0.39 is 11.6 Å². The number of ether oxygens (including phenoxy) is 1. The quantitative estimate of drug-likeness (QED) is 0.858. The Morgan fingerprint density at radius 3 is 2.48 bits per heavy atom. The van der Waals surface area contributed by atoms with Crippen molar-refractivity contribution in [1.82, 2.24) is 9.88 Å². The fraction of sp³-hybridized carbons (Fsp3) is 0.450. The maximum atomic E-state index is 12.9. The van der Waals surface area contributed by atoms with Gasteiger partial charge in [-0.1, -0.05) is 0 Å². The van der Waals surface area contributed by atoms with Gasteiger partial charge in [-0.3, -0.25) is 9.78 Å². The first kappa shape index (κ1) is 18.1. The number of carboxylic acids is 1. The Morgan fingerprint density at radius 1 is 1.19 bits per heavy atom. The number of nitrogens with zero attached hydrogens (tertiary/aromatic N) is 2. The first-order valence-corrected chi connectivity index (χ1v) is 9.95. The molecule has 4 rings (SSSR count). The van der Waals surface area contributed by atoms with Gasteiger partial charge in [0.1, 0.15) is 4.88 Å². The van der Waals surface area contributed by atoms with E-state index in [-0.39, 0.29) is 5.91 Å². The number of amides is 1. The lowest BCUT2D eigenvalue weighted by Gasteiger charge is -2.44. The van der Waals surface area contributed by atoms with Crippen LogP contribution < -0.4 is 0 Å². The van der Waals surface area contributed by atoms with E-state index in [9.17, 15) is 14.7 Å². The summed E-state index contributed by atoms with van der Waals surface area (Å²) in [5.41, 5.74) is 2.90. The maximum Gasteiger partial charge on any atom is 0.345 e. The van der Waals surface area contributed by atoms with Gasteiger partial charge in [-0.15, -0.1) is 11.3 Å². The monoisotopic (exact) mass is 386 g/mol. The number of piperidine rings is 1. The lowest BCUT2D eigenvalue weighted by molar-refractivity contribution is -0.0926. The van der Waals surface area contributed by atoms with Gasteiger partial charge in [0, 0.05) is 41.3 Å². The normalized spacial score (nSPS) is 18.4. The topological polar surface area (TPSA) is 79.7 Å². The van der Waals surface area contributed by atoms with Crippen molar-refractivity contribution in [3.8, 4) is 0 Å². The summed E-state index contributed by atoms with van der Waals surface area (Å²) in [6.45, 7) is 5.57. The van der Waals surface area contributed by atoms with Crippen molar-refractivity contribution in [3.05, 3.63) is 50.5 Å². The molecule has 0 radical (unpaired) electrons. The number of thiophene rings is 1. The van der Waals surface area contributed by atoms with Crippen molar-refractivity contribution in [2.24, 2.45) is 0 Å². The molecule has 1 saturated heterocycles. The Balaban J connectivity index is 1.54. The molecule has 2 aromatic rings. The highest BCUT2D eigenvalue weighted by Gasteiger charge is 2.43. The van der Waals surface area contributed by atoms with Gasteiger partial charge in [-0.2, -0.15) is 0 Å². The van der Waals surface area contributed by atoms with Crippen molar-refractivity contribution in [2.75, 3.05) is 19.7 Å². The number of carboxylic acid groups (broad SMARTS) is 1. The van der Waals surface area contributed by atoms with Crippen LogP contribution in [0.25, 0.3) is 0 Å². The Kier molecular flexibility index (Phi) is 4.52. The molecule has 0 atom stereocenters. The van der Waals surface area contributed by atoms with Gasteiger partial charge in [0.05, 0.1) is 12.2 Å². The van der Waals surface area contributed by atoms with Crippen LogP contribution >= 0.6 is 11.3 Å². The summed E-state index contributed by atoms with van der Waals surface area (Å²) >= 11 is 1.35. The first-order valence-electron chi connectivity index (χ1n) is 9.13. The minimum absolute atomic E-state index is 0.0195. The molecule has 2 aliphatic heterocycles. The summed E-state index contributed by atoms with van der Waals surface area (Å²) in [4.78, 5) is 31.9. The molecular formula is C20H22N2O4S. The van der Waals surface area contributed by atoms with Crippen LogP contribution in [0.2, 0.25) is 0 Å². The number of fused-ring (bicyclic) bond motifs is 2. The van der Waals surface area contributed by atoms with E-state index in [1.807, 2.05) is 30.9 Å². The number of aromatic nitrogens is 1. The van der Waals surface area contributed by atoms with Crippen LogP contribution in [0, 0.1) is 13.8 Å². The van der Waals surface area contributed by atoms with E-state index in [1.54, 1.807) is 6.07 Å². The van der Waals surface area contributed by atoms with E-state index in [0.717, 1.165) is 28.2 Å². The number of carbonyl (C=O) groups is 2. The predicted octanol–water partition coefficient (Wildman–Crippen LogP) is 3.16. The standard InChI is InChI=1S/C20H22N2O4S/c1-12-9-14(10-13(2)21-12)18(23)22-6-4-20(5-7-22)15-11-17(19(24)25)27-16(15)3-8-26-20/h9-11H,3-8H2,1-2H3,(H,24,25). The van der Waals surface area contributed by atoms with E-state index in [0.29, 0.717) is 43.0 Å². The molecular weight excluding hydrogens is 364 g/mol. The molecule has 2 aliphatic rings.